The van der Waals surface area contributed by atoms with Crippen LogP contribution < -0.4 is 5.32 Å². The molecule has 1 fully saturated rings. The van der Waals surface area contributed by atoms with E-state index in [2.05, 4.69) is 10.3 Å². The van der Waals surface area contributed by atoms with Gasteiger partial charge in [-0.2, -0.15) is 0 Å². The molecule has 2 aromatic rings. The molecule has 0 saturated heterocycles. The van der Waals surface area contributed by atoms with E-state index in [1.165, 1.54) is 12.1 Å². The largest absolute Gasteiger partial charge is 0.393 e. The summed E-state index contributed by atoms with van der Waals surface area (Å²) in [5.74, 6) is -0.0446. The van der Waals surface area contributed by atoms with Gasteiger partial charge in [0, 0.05) is 17.2 Å². The summed E-state index contributed by atoms with van der Waals surface area (Å²) in [4.78, 5) is 17.3. The number of rotatable bonds is 7. The van der Waals surface area contributed by atoms with E-state index in [4.69, 9.17) is 5.11 Å². The lowest BCUT2D eigenvalue weighted by atomic mass is 9.98. The van der Waals surface area contributed by atoms with Crippen molar-refractivity contribution in [3.05, 3.63) is 47.0 Å². The highest BCUT2D eigenvalue weighted by atomic mass is 32.2. The van der Waals surface area contributed by atoms with Crippen molar-refractivity contribution < 1.29 is 23.4 Å². The summed E-state index contributed by atoms with van der Waals surface area (Å²) < 4.78 is 23.4. The van der Waals surface area contributed by atoms with Crippen LogP contribution in [0.25, 0.3) is 5.57 Å². The van der Waals surface area contributed by atoms with Crippen molar-refractivity contribution in [1.29, 1.82) is 0 Å². The van der Waals surface area contributed by atoms with Gasteiger partial charge in [0.25, 0.3) is 5.91 Å². The second-order valence-electron chi connectivity index (χ2n) is 7.15. The molecule has 1 amide bonds. The number of carbonyl (C=O) groups is 1. The number of aliphatic hydroxyl groups excluding tert-OH is 2. The first-order valence-corrected chi connectivity index (χ1v) is 12.1. The lowest BCUT2D eigenvalue weighted by molar-refractivity contribution is -0.111. The number of allylic oxidation sites excluding steroid dienone is 1. The highest BCUT2D eigenvalue weighted by Crippen LogP contribution is 2.30. The summed E-state index contributed by atoms with van der Waals surface area (Å²) in [6.07, 6.45) is 6.29. The minimum absolute atomic E-state index is 0.199. The van der Waals surface area contributed by atoms with Crippen LogP contribution in [0, 0.1) is 5.92 Å². The van der Waals surface area contributed by atoms with Crippen molar-refractivity contribution in [3.63, 3.8) is 0 Å². The van der Waals surface area contributed by atoms with Crippen molar-refractivity contribution in [3.8, 4) is 0 Å². The number of aromatic nitrogens is 1. The SMILES string of the molecule is CS(=O)(=O)c1ccc(C(=CC2CCCC2)C(=O)Nc2nc(C(O)CO)cs2)cc1. The van der Waals surface area contributed by atoms with Crippen LogP contribution in [0.2, 0.25) is 0 Å². The predicted octanol–water partition coefficient (Wildman–Crippen LogP) is 2.78. The second-order valence-corrected chi connectivity index (χ2v) is 10.0. The number of anilines is 1. The molecule has 1 saturated carbocycles. The Morgan fingerprint density at radius 3 is 2.55 bits per heavy atom. The van der Waals surface area contributed by atoms with Crippen molar-refractivity contribution in [2.24, 2.45) is 5.92 Å². The number of aliphatic hydroxyl groups is 2. The monoisotopic (exact) mass is 436 g/mol. The fourth-order valence-corrected chi connectivity index (χ4v) is 4.68. The van der Waals surface area contributed by atoms with Crippen molar-refractivity contribution in [1.82, 2.24) is 4.98 Å². The lowest BCUT2D eigenvalue weighted by Crippen LogP contribution is -2.15. The average Bonchev–Trinajstić information content (AvgIpc) is 3.37. The number of carbonyl (C=O) groups excluding carboxylic acids is 1. The third kappa shape index (κ3) is 5.51. The van der Waals surface area contributed by atoms with Crippen LogP contribution in [0.5, 0.6) is 0 Å². The van der Waals surface area contributed by atoms with E-state index in [0.29, 0.717) is 27.9 Å². The smallest absolute Gasteiger partial charge is 0.257 e. The molecular weight excluding hydrogens is 412 g/mol. The van der Waals surface area contributed by atoms with Crippen LogP contribution in [-0.4, -0.2) is 42.4 Å². The van der Waals surface area contributed by atoms with E-state index >= 15 is 0 Å². The molecular formula is C20H24N2O5S2. The molecule has 1 unspecified atom stereocenters. The van der Waals surface area contributed by atoms with Gasteiger partial charge in [0.1, 0.15) is 6.10 Å². The van der Waals surface area contributed by atoms with Crippen LogP contribution in [0.1, 0.15) is 43.0 Å². The van der Waals surface area contributed by atoms with Crippen LogP contribution in [-0.2, 0) is 14.6 Å². The van der Waals surface area contributed by atoms with Gasteiger partial charge in [-0.25, -0.2) is 13.4 Å². The molecule has 1 aromatic heterocycles. The first-order valence-electron chi connectivity index (χ1n) is 9.36. The molecule has 1 aromatic carbocycles. The summed E-state index contributed by atoms with van der Waals surface area (Å²) >= 11 is 1.16. The zero-order chi connectivity index (χ0) is 21.0. The summed E-state index contributed by atoms with van der Waals surface area (Å²) in [6, 6.07) is 6.28. The maximum absolute atomic E-state index is 13.0. The van der Waals surface area contributed by atoms with E-state index in [-0.39, 0.29) is 10.8 Å². The third-order valence-electron chi connectivity index (χ3n) is 4.90. The zero-order valence-electron chi connectivity index (χ0n) is 16.0. The molecule has 29 heavy (non-hydrogen) atoms. The molecule has 1 atom stereocenters. The third-order valence-corrected chi connectivity index (χ3v) is 6.80. The molecule has 0 spiro atoms. The van der Waals surface area contributed by atoms with Gasteiger partial charge in [-0.3, -0.25) is 10.1 Å². The van der Waals surface area contributed by atoms with Gasteiger partial charge in [-0.1, -0.05) is 31.1 Å². The number of sulfone groups is 1. The van der Waals surface area contributed by atoms with E-state index in [1.807, 2.05) is 6.08 Å². The molecule has 156 valence electrons. The van der Waals surface area contributed by atoms with Gasteiger partial charge < -0.3 is 10.2 Å². The molecule has 3 rings (SSSR count). The molecule has 0 bridgehead atoms. The summed E-state index contributed by atoms with van der Waals surface area (Å²) in [6.45, 7) is -0.448. The number of hydrogen-bond acceptors (Lipinski definition) is 7. The predicted molar refractivity (Wildman–Crippen MR) is 112 cm³/mol. The van der Waals surface area contributed by atoms with Crippen LogP contribution in [0.4, 0.5) is 5.13 Å². The Morgan fingerprint density at radius 2 is 1.97 bits per heavy atom. The van der Waals surface area contributed by atoms with Crippen molar-refractivity contribution in [2.75, 3.05) is 18.2 Å². The number of nitrogens with one attached hydrogen (secondary N) is 1. The van der Waals surface area contributed by atoms with Gasteiger partial charge in [0.05, 0.1) is 17.2 Å². The van der Waals surface area contributed by atoms with Gasteiger partial charge in [0.2, 0.25) is 0 Å². The highest BCUT2D eigenvalue weighted by Gasteiger charge is 2.20. The molecule has 1 aliphatic carbocycles. The van der Waals surface area contributed by atoms with E-state index < -0.39 is 22.5 Å². The molecule has 9 heteroatoms. The molecule has 0 aliphatic heterocycles. The Hall–Kier alpha value is -2.07. The number of thiazole rings is 1. The first kappa shape index (κ1) is 21.6. The fraction of sp³-hybridized carbons (Fsp3) is 0.400. The Morgan fingerprint density at radius 1 is 1.31 bits per heavy atom. The topological polar surface area (TPSA) is 117 Å². The highest BCUT2D eigenvalue weighted by molar-refractivity contribution is 7.90. The standard InChI is InChI=1S/C20H24N2O5S2/c1-29(26,27)15-8-6-14(7-9-15)16(10-13-4-2-3-5-13)19(25)22-20-21-17(12-28-20)18(24)11-23/h6-10,12-13,18,23-24H,2-5,11H2,1H3,(H,21,22,25). The fourth-order valence-electron chi connectivity index (χ4n) is 3.30. The molecule has 3 N–H and O–H groups in total. The number of benzene rings is 1. The van der Waals surface area contributed by atoms with E-state index in [0.717, 1.165) is 43.3 Å². The Labute approximate surface area is 174 Å². The maximum Gasteiger partial charge on any atom is 0.257 e. The maximum atomic E-state index is 13.0. The molecule has 1 heterocycles. The lowest BCUT2D eigenvalue weighted by Gasteiger charge is -2.11. The number of nitrogens with zero attached hydrogens (tertiary/aromatic N) is 1. The average molecular weight is 437 g/mol. The van der Waals surface area contributed by atoms with Crippen LogP contribution >= 0.6 is 11.3 Å². The number of hydrogen-bond donors (Lipinski definition) is 3. The van der Waals surface area contributed by atoms with Gasteiger partial charge in [-0.05, 0) is 36.5 Å². The normalized spacial score (nSPS) is 16.7. The zero-order valence-corrected chi connectivity index (χ0v) is 17.7. The van der Waals surface area contributed by atoms with Gasteiger partial charge in [0.15, 0.2) is 15.0 Å². The quantitative estimate of drug-likeness (QED) is 0.575. The van der Waals surface area contributed by atoms with Crippen LogP contribution in [0.3, 0.4) is 0 Å². The Balaban J connectivity index is 1.87. The number of amides is 1. The minimum atomic E-state index is -3.32. The minimum Gasteiger partial charge on any atom is -0.393 e. The van der Waals surface area contributed by atoms with Crippen molar-refractivity contribution in [2.45, 2.75) is 36.7 Å². The van der Waals surface area contributed by atoms with Gasteiger partial charge >= 0.3 is 0 Å². The molecule has 0 radical (unpaired) electrons. The van der Waals surface area contributed by atoms with E-state index in [9.17, 15) is 18.3 Å². The summed E-state index contributed by atoms with van der Waals surface area (Å²) in [5, 5.41) is 23.3. The van der Waals surface area contributed by atoms with Crippen LogP contribution in [0.15, 0.2) is 40.6 Å². The summed E-state index contributed by atoms with van der Waals surface area (Å²) in [7, 11) is -3.32. The Kier molecular flexibility index (Phi) is 6.84. The Bertz CT molecular complexity index is 990. The van der Waals surface area contributed by atoms with Crippen molar-refractivity contribution >= 4 is 37.8 Å². The second kappa shape index (κ2) is 9.17. The molecule has 7 nitrogen and oxygen atoms in total. The first-order chi connectivity index (χ1) is 13.8. The van der Waals surface area contributed by atoms with E-state index in [1.54, 1.807) is 17.5 Å². The summed E-state index contributed by atoms with van der Waals surface area (Å²) in [5.41, 5.74) is 1.40. The van der Waals surface area contributed by atoms with Gasteiger partial charge in [-0.15, -0.1) is 11.3 Å². The molecule has 1 aliphatic rings.